The molecule has 35 heavy (non-hydrogen) atoms. The van der Waals surface area contributed by atoms with Crippen LogP contribution in [-0.2, 0) is 13.0 Å². The fourth-order valence-electron chi connectivity index (χ4n) is 4.49. The molecule has 2 aromatic carbocycles. The number of hydrogen-bond acceptors (Lipinski definition) is 5. The lowest BCUT2D eigenvalue weighted by Gasteiger charge is -2.10. The smallest absolute Gasteiger partial charge is 0.160 e. The highest BCUT2D eigenvalue weighted by atomic mass is 15.2. The van der Waals surface area contributed by atoms with Gasteiger partial charge in [0.1, 0.15) is 11.3 Å². The summed E-state index contributed by atoms with van der Waals surface area (Å²) in [5.41, 5.74) is 10.1. The van der Waals surface area contributed by atoms with Gasteiger partial charge in [0.15, 0.2) is 5.65 Å². The van der Waals surface area contributed by atoms with Crippen molar-refractivity contribution in [2.45, 2.75) is 40.7 Å². The highest BCUT2D eigenvalue weighted by Crippen LogP contribution is 2.29. The highest BCUT2D eigenvalue weighted by Gasteiger charge is 2.15. The zero-order valence-corrected chi connectivity index (χ0v) is 20.4. The van der Waals surface area contributed by atoms with Crippen molar-refractivity contribution in [1.82, 2.24) is 24.7 Å². The lowest BCUT2D eigenvalue weighted by molar-refractivity contribution is 0.717. The minimum atomic E-state index is 0.539. The van der Waals surface area contributed by atoms with E-state index in [1.54, 1.807) is 0 Å². The van der Waals surface area contributed by atoms with E-state index < -0.39 is 0 Å². The number of pyridine rings is 1. The molecule has 172 valence electrons. The molecule has 0 bridgehead atoms. The van der Waals surface area contributed by atoms with Crippen LogP contribution in [0.5, 0.6) is 0 Å². The number of imidazole rings is 1. The fourth-order valence-corrected chi connectivity index (χ4v) is 4.49. The van der Waals surface area contributed by atoms with Gasteiger partial charge in [0, 0.05) is 17.7 Å². The summed E-state index contributed by atoms with van der Waals surface area (Å²) in [6.07, 6.45) is 0.803. The summed E-state index contributed by atoms with van der Waals surface area (Å²) in [6, 6.07) is 22.4. The molecule has 0 aliphatic rings. The van der Waals surface area contributed by atoms with Crippen molar-refractivity contribution >= 4 is 11.2 Å². The quantitative estimate of drug-likeness (QED) is 0.324. The van der Waals surface area contributed by atoms with Gasteiger partial charge in [-0.2, -0.15) is 15.5 Å². The monoisotopic (exact) mass is 458 g/mol. The van der Waals surface area contributed by atoms with Crippen molar-refractivity contribution in [2.75, 3.05) is 0 Å². The minimum Gasteiger partial charge on any atom is -0.307 e. The molecule has 0 N–H and O–H groups in total. The van der Waals surface area contributed by atoms with Gasteiger partial charge in [0.2, 0.25) is 0 Å². The number of nitrogens with zero attached hydrogens (tertiary/aromatic N) is 6. The molecular weight excluding hydrogens is 432 g/mol. The second-order valence-corrected chi connectivity index (χ2v) is 8.87. The molecule has 5 aromatic rings. The van der Waals surface area contributed by atoms with Crippen LogP contribution in [0.15, 0.2) is 60.7 Å². The second kappa shape index (κ2) is 9.11. The number of nitriles is 1. The Balaban J connectivity index is 1.51. The van der Waals surface area contributed by atoms with Crippen molar-refractivity contribution in [1.29, 1.82) is 5.26 Å². The number of rotatable bonds is 5. The summed E-state index contributed by atoms with van der Waals surface area (Å²) in [5.74, 6) is 0.977. The Morgan fingerprint density at radius 3 is 2.43 bits per heavy atom. The summed E-state index contributed by atoms with van der Waals surface area (Å²) in [5, 5.41) is 18.7. The summed E-state index contributed by atoms with van der Waals surface area (Å²) in [7, 11) is 0. The summed E-state index contributed by atoms with van der Waals surface area (Å²) < 4.78 is 2.12. The molecule has 0 radical (unpaired) electrons. The van der Waals surface area contributed by atoms with Gasteiger partial charge in [-0.15, -0.1) is 0 Å². The van der Waals surface area contributed by atoms with Gasteiger partial charge in [0.05, 0.1) is 29.6 Å². The van der Waals surface area contributed by atoms with E-state index in [9.17, 15) is 5.26 Å². The lowest BCUT2D eigenvalue weighted by atomic mass is 9.97. The number of aromatic nitrogens is 5. The standard InChI is InChI=1S/C29H26N6/c1-5-27-32-28-19(3)14-20(4)31-29(28)35(27)17-24-11-12-26(34-33-24)25-15-22(9-10-23(25)16-30)21-8-6-7-18(2)13-21/h6-15H,5,17H2,1-4H3. The third kappa shape index (κ3) is 4.29. The molecule has 0 saturated heterocycles. The molecule has 0 atom stereocenters. The molecule has 5 rings (SSSR count). The highest BCUT2D eigenvalue weighted by molar-refractivity contribution is 5.77. The predicted octanol–water partition coefficient (Wildman–Crippen LogP) is 5.96. The van der Waals surface area contributed by atoms with Gasteiger partial charge < -0.3 is 4.57 Å². The maximum Gasteiger partial charge on any atom is 0.160 e. The molecule has 3 aromatic heterocycles. The predicted molar refractivity (Wildman–Crippen MR) is 138 cm³/mol. The topological polar surface area (TPSA) is 80.3 Å². The van der Waals surface area contributed by atoms with Crippen LogP contribution in [0.3, 0.4) is 0 Å². The Labute approximate surface area is 204 Å². The van der Waals surface area contributed by atoms with Crippen LogP contribution in [0.4, 0.5) is 0 Å². The van der Waals surface area contributed by atoms with E-state index in [0.717, 1.165) is 57.1 Å². The molecule has 0 spiro atoms. The van der Waals surface area contributed by atoms with E-state index in [0.29, 0.717) is 17.8 Å². The zero-order valence-electron chi connectivity index (χ0n) is 20.4. The summed E-state index contributed by atoms with van der Waals surface area (Å²) in [6.45, 7) is 8.78. The Bertz CT molecular complexity index is 1590. The molecule has 0 amide bonds. The minimum absolute atomic E-state index is 0.539. The van der Waals surface area contributed by atoms with Crippen molar-refractivity contribution < 1.29 is 0 Å². The third-order valence-corrected chi connectivity index (χ3v) is 6.22. The summed E-state index contributed by atoms with van der Waals surface area (Å²) >= 11 is 0. The second-order valence-electron chi connectivity index (χ2n) is 8.87. The maximum absolute atomic E-state index is 9.70. The first kappa shape index (κ1) is 22.4. The fraction of sp³-hybridized carbons (Fsp3) is 0.207. The van der Waals surface area contributed by atoms with Crippen molar-refractivity contribution in [3.05, 3.63) is 94.6 Å². The molecule has 0 unspecified atom stereocenters. The van der Waals surface area contributed by atoms with Crippen LogP contribution < -0.4 is 0 Å². The van der Waals surface area contributed by atoms with Crippen LogP contribution >= 0.6 is 0 Å². The normalized spacial score (nSPS) is 11.1. The molecule has 6 nitrogen and oxygen atoms in total. The van der Waals surface area contributed by atoms with Crippen LogP contribution in [0, 0.1) is 32.1 Å². The van der Waals surface area contributed by atoms with Crippen LogP contribution in [0.25, 0.3) is 33.5 Å². The number of hydrogen-bond donors (Lipinski definition) is 0. The van der Waals surface area contributed by atoms with E-state index in [-0.39, 0.29) is 0 Å². The Kier molecular flexibility index (Phi) is 5.84. The molecule has 3 heterocycles. The average molecular weight is 459 g/mol. The molecule has 0 aliphatic heterocycles. The SMILES string of the molecule is CCc1nc2c(C)cc(C)nc2n1Cc1ccc(-c2cc(-c3cccc(C)c3)ccc2C#N)nn1. The van der Waals surface area contributed by atoms with E-state index in [1.165, 1.54) is 5.56 Å². The number of fused-ring (bicyclic) bond motifs is 1. The van der Waals surface area contributed by atoms with E-state index in [2.05, 4.69) is 65.9 Å². The van der Waals surface area contributed by atoms with Gasteiger partial charge in [0.25, 0.3) is 0 Å². The van der Waals surface area contributed by atoms with E-state index in [1.807, 2.05) is 43.3 Å². The van der Waals surface area contributed by atoms with Gasteiger partial charge in [-0.05, 0) is 67.8 Å². The Morgan fingerprint density at radius 1 is 0.886 bits per heavy atom. The van der Waals surface area contributed by atoms with Crippen molar-refractivity contribution in [3.8, 4) is 28.5 Å². The lowest BCUT2D eigenvalue weighted by Crippen LogP contribution is -2.08. The maximum atomic E-state index is 9.70. The third-order valence-electron chi connectivity index (χ3n) is 6.22. The van der Waals surface area contributed by atoms with Gasteiger partial charge in [-0.3, -0.25) is 0 Å². The Hall–Kier alpha value is -4.37. The Morgan fingerprint density at radius 2 is 1.71 bits per heavy atom. The van der Waals surface area contributed by atoms with E-state index >= 15 is 0 Å². The first-order valence-corrected chi connectivity index (χ1v) is 11.7. The zero-order chi connectivity index (χ0) is 24.5. The van der Waals surface area contributed by atoms with Crippen LogP contribution in [0.1, 0.15) is 40.8 Å². The van der Waals surface area contributed by atoms with Gasteiger partial charge in [-0.25, -0.2) is 9.97 Å². The van der Waals surface area contributed by atoms with Crippen LogP contribution in [-0.4, -0.2) is 24.7 Å². The first-order chi connectivity index (χ1) is 17.0. The van der Waals surface area contributed by atoms with Crippen molar-refractivity contribution in [3.63, 3.8) is 0 Å². The average Bonchev–Trinajstić information content (AvgIpc) is 3.21. The number of aryl methyl sites for hydroxylation is 4. The first-order valence-electron chi connectivity index (χ1n) is 11.7. The largest absolute Gasteiger partial charge is 0.307 e. The molecular formula is C29H26N6. The molecule has 0 fully saturated rings. The number of benzene rings is 2. The summed E-state index contributed by atoms with van der Waals surface area (Å²) in [4.78, 5) is 9.57. The molecule has 0 aliphatic carbocycles. The van der Waals surface area contributed by atoms with Gasteiger partial charge in [-0.1, -0.05) is 42.8 Å². The van der Waals surface area contributed by atoms with Gasteiger partial charge >= 0.3 is 0 Å². The van der Waals surface area contributed by atoms with Crippen LogP contribution in [0.2, 0.25) is 0 Å². The van der Waals surface area contributed by atoms with E-state index in [4.69, 9.17) is 9.97 Å². The van der Waals surface area contributed by atoms with Crippen molar-refractivity contribution in [2.24, 2.45) is 0 Å². The molecule has 6 heteroatoms. The molecule has 0 saturated carbocycles.